The molecule has 1 unspecified atom stereocenters. The number of hydrogen-bond acceptors (Lipinski definition) is 4. The highest BCUT2D eigenvalue weighted by Crippen LogP contribution is 2.34. The zero-order chi connectivity index (χ0) is 16.3. The van der Waals surface area contributed by atoms with Crippen LogP contribution in [0.3, 0.4) is 0 Å². The summed E-state index contributed by atoms with van der Waals surface area (Å²) >= 11 is 1.80. The predicted molar refractivity (Wildman–Crippen MR) is 91.9 cm³/mol. The van der Waals surface area contributed by atoms with Crippen LogP contribution in [0.1, 0.15) is 70.5 Å². The van der Waals surface area contributed by atoms with E-state index in [1.165, 1.54) is 10.6 Å². The lowest BCUT2D eigenvalue weighted by atomic mass is 10.0. The first-order valence-corrected chi connectivity index (χ1v) is 8.72. The van der Waals surface area contributed by atoms with Crippen LogP contribution >= 0.6 is 11.3 Å². The minimum atomic E-state index is -0.267. The zero-order valence-corrected chi connectivity index (χ0v) is 15.8. The minimum absolute atomic E-state index is 0.120. The van der Waals surface area contributed by atoms with E-state index in [0.29, 0.717) is 5.92 Å². The first kappa shape index (κ1) is 18.6. The molecule has 1 atom stereocenters. The summed E-state index contributed by atoms with van der Waals surface area (Å²) in [5.41, 5.74) is 1.09. The largest absolute Gasteiger partial charge is 0.371 e. The lowest BCUT2D eigenvalue weighted by Crippen LogP contribution is -2.35. The average molecular weight is 313 g/mol. The molecule has 4 heteroatoms. The summed E-state index contributed by atoms with van der Waals surface area (Å²) in [4.78, 5) is 6.27. The van der Waals surface area contributed by atoms with Gasteiger partial charge >= 0.3 is 0 Å². The molecule has 0 saturated carbocycles. The topological polar surface area (TPSA) is 34.1 Å². The Bertz CT molecular complexity index is 442. The number of aromatic nitrogens is 1. The van der Waals surface area contributed by atoms with E-state index in [1.54, 1.807) is 18.4 Å². The van der Waals surface area contributed by atoms with Gasteiger partial charge in [-0.05, 0) is 46.5 Å². The summed E-state index contributed by atoms with van der Waals surface area (Å²) in [6.07, 6.45) is 1.96. The summed E-state index contributed by atoms with van der Waals surface area (Å²) in [7, 11) is 1.78. The molecule has 0 amide bonds. The monoisotopic (exact) mass is 312 g/mol. The highest BCUT2D eigenvalue weighted by atomic mass is 32.1. The number of nitrogens with one attached hydrogen (secondary N) is 1. The van der Waals surface area contributed by atoms with Gasteiger partial charge in [0.2, 0.25) is 0 Å². The van der Waals surface area contributed by atoms with Gasteiger partial charge < -0.3 is 10.1 Å². The van der Waals surface area contributed by atoms with E-state index in [9.17, 15) is 0 Å². The summed E-state index contributed by atoms with van der Waals surface area (Å²) in [5.74, 6) is 0.615. The molecule has 0 aromatic carbocycles. The second-order valence-corrected chi connectivity index (χ2v) is 8.46. The van der Waals surface area contributed by atoms with Crippen LogP contribution in [-0.4, -0.2) is 17.6 Å². The second kappa shape index (κ2) is 7.21. The van der Waals surface area contributed by atoms with Crippen molar-refractivity contribution in [1.82, 2.24) is 10.3 Å². The van der Waals surface area contributed by atoms with E-state index >= 15 is 0 Å². The van der Waals surface area contributed by atoms with Gasteiger partial charge in [-0.1, -0.05) is 20.8 Å². The standard InChI is InChI=1S/C17H32N2OS/c1-9-17(7,20-8)15-19-13(10-12(2)3)14(21-15)11-18-16(4,5)6/h12,18H,9-11H2,1-8H3. The van der Waals surface area contributed by atoms with Gasteiger partial charge in [0, 0.05) is 24.1 Å². The van der Waals surface area contributed by atoms with Gasteiger partial charge in [-0.3, -0.25) is 0 Å². The number of nitrogens with zero attached hydrogens (tertiary/aromatic N) is 1. The van der Waals surface area contributed by atoms with Gasteiger partial charge in [-0.2, -0.15) is 0 Å². The third kappa shape index (κ3) is 5.35. The van der Waals surface area contributed by atoms with Crippen LogP contribution in [0.15, 0.2) is 0 Å². The third-order valence-corrected chi connectivity index (χ3v) is 5.08. The van der Waals surface area contributed by atoms with Crippen molar-refractivity contribution in [2.75, 3.05) is 7.11 Å². The lowest BCUT2D eigenvalue weighted by Gasteiger charge is -2.23. The normalized spacial score (nSPS) is 15.5. The van der Waals surface area contributed by atoms with Crippen molar-refractivity contribution in [2.24, 2.45) is 5.92 Å². The quantitative estimate of drug-likeness (QED) is 0.805. The third-order valence-electron chi connectivity index (χ3n) is 3.74. The van der Waals surface area contributed by atoms with Crippen molar-refractivity contribution in [3.8, 4) is 0 Å². The van der Waals surface area contributed by atoms with Crippen molar-refractivity contribution in [2.45, 2.75) is 79.0 Å². The molecule has 0 aliphatic rings. The average Bonchev–Trinajstić information content (AvgIpc) is 2.77. The first-order chi connectivity index (χ1) is 9.61. The summed E-state index contributed by atoms with van der Waals surface area (Å²) in [6.45, 7) is 16.2. The molecule has 122 valence electrons. The molecule has 0 saturated heterocycles. The maximum Gasteiger partial charge on any atom is 0.125 e. The molecular formula is C17H32N2OS. The molecular weight excluding hydrogens is 280 g/mol. The predicted octanol–water partition coefficient (Wildman–Crippen LogP) is 4.50. The number of ether oxygens (including phenoxy) is 1. The number of hydrogen-bond donors (Lipinski definition) is 1. The Morgan fingerprint density at radius 2 is 1.86 bits per heavy atom. The Kier molecular flexibility index (Phi) is 6.38. The Balaban J connectivity index is 3.06. The second-order valence-electron chi connectivity index (χ2n) is 7.38. The Morgan fingerprint density at radius 3 is 2.29 bits per heavy atom. The first-order valence-electron chi connectivity index (χ1n) is 7.90. The van der Waals surface area contributed by atoms with Gasteiger partial charge in [-0.15, -0.1) is 11.3 Å². The van der Waals surface area contributed by atoms with Gasteiger partial charge in [0.15, 0.2) is 0 Å². The van der Waals surface area contributed by atoms with E-state index in [4.69, 9.17) is 9.72 Å². The van der Waals surface area contributed by atoms with E-state index in [1.807, 2.05) is 0 Å². The van der Waals surface area contributed by atoms with Gasteiger partial charge in [0.25, 0.3) is 0 Å². The van der Waals surface area contributed by atoms with Crippen LogP contribution < -0.4 is 5.32 Å². The van der Waals surface area contributed by atoms with Crippen LogP contribution in [-0.2, 0) is 23.3 Å². The molecule has 1 aromatic heterocycles. The van der Waals surface area contributed by atoms with E-state index in [2.05, 4.69) is 53.8 Å². The molecule has 0 aliphatic carbocycles. The van der Waals surface area contributed by atoms with Crippen LogP contribution in [0.2, 0.25) is 0 Å². The van der Waals surface area contributed by atoms with Crippen molar-refractivity contribution < 1.29 is 4.74 Å². The highest BCUT2D eigenvalue weighted by Gasteiger charge is 2.29. The summed E-state index contributed by atoms with van der Waals surface area (Å²) in [5, 5.41) is 4.69. The fraction of sp³-hybridized carbons (Fsp3) is 0.824. The maximum atomic E-state index is 5.72. The van der Waals surface area contributed by atoms with Crippen LogP contribution in [0.4, 0.5) is 0 Å². The fourth-order valence-electron chi connectivity index (χ4n) is 2.02. The molecule has 0 fully saturated rings. The van der Waals surface area contributed by atoms with E-state index in [-0.39, 0.29) is 11.1 Å². The SMILES string of the molecule is CCC(C)(OC)c1nc(CC(C)C)c(CNC(C)(C)C)s1. The van der Waals surface area contributed by atoms with Crippen molar-refractivity contribution in [3.63, 3.8) is 0 Å². The molecule has 1 N–H and O–H groups in total. The van der Waals surface area contributed by atoms with Gasteiger partial charge in [0.1, 0.15) is 10.6 Å². The van der Waals surface area contributed by atoms with E-state index < -0.39 is 0 Å². The van der Waals surface area contributed by atoms with Crippen molar-refractivity contribution in [1.29, 1.82) is 0 Å². The number of rotatable bonds is 7. The summed E-state index contributed by atoms with van der Waals surface area (Å²) < 4.78 is 5.72. The van der Waals surface area contributed by atoms with Crippen molar-refractivity contribution in [3.05, 3.63) is 15.6 Å². The highest BCUT2D eigenvalue weighted by molar-refractivity contribution is 7.11. The molecule has 0 bridgehead atoms. The zero-order valence-electron chi connectivity index (χ0n) is 15.0. The molecule has 1 heterocycles. The Morgan fingerprint density at radius 1 is 1.24 bits per heavy atom. The number of methoxy groups -OCH3 is 1. The molecule has 0 spiro atoms. The van der Waals surface area contributed by atoms with Gasteiger partial charge in [0.05, 0.1) is 5.69 Å². The molecule has 3 nitrogen and oxygen atoms in total. The molecule has 1 aromatic rings. The molecule has 21 heavy (non-hydrogen) atoms. The van der Waals surface area contributed by atoms with Crippen LogP contribution in [0.25, 0.3) is 0 Å². The lowest BCUT2D eigenvalue weighted by molar-refractivity contribution is -0.00168. The molecule has 0 radical (unpaired) electrons. The minimum Gasteiger partial charge on any atom is -0.371 e. The fourth-order valence-corrected chi connectivity index (χ4v) is 3.25. The molecule has 1 rings (SSSR count). The number of thiazole rings is 1. The smallest absolute Gasteiger partial charge is 0.125 e. The Labute approximate surface area is 134 Å². The van der Waals surface area contributed by atoms with Gasteiger partial charge in [-0.25, -0.2) is 4.98 Å². The Hall–Kier alpha value is -0.450. The van der Waals surface area contributed by atoms with E-state index in [0.717, 1.165) is 24.4 Å². The van der Waals surface area contributed by atoms with Crippen molar-refractivity contribution >= 4 is 11.3 Å². The summed E-state index contributed by atoms with van der Waals surface area (Å²) in [6, 6.07) is 0. The maximum absolute atomic E-state index is 5.72. The van der Waals surface area contributed by atoms with Crippen LogP contribution in [0, 0.1) is 5.92 Å². The molecule has 0 aliphatic heterocycles. The van der Waals surface area contributed by atoms with Crippen LogP contribution in [0.5, 0.6) is 0 Å².